The molecule has 1 atom stereocenters. The molecule has 3 rings (SSSR count). The molecule has 0 radical (unpaired) electrons. The average Bonchev–Trinajstić information content (AvgIpc) is 2.83. The second-order valence-corrected chi connectivity index (χ2v) is 5.19. The molecule has 5 nitrogen and oxygen atoms in total. The SMILES string of the molecule is Cc1ocnc1C(=O)N1CCN2CCCC[C@H]2C1. The summed E-state index contributed by atoms with van der Waals surface area (Å²) < 4.78 is 5.11. The molecule has 1 aromatic rings. The predicted molar refractivity (Wildman–Crippen MR) is 66.4 cm³/mol. The third-order valence-corrected chi connectivity index (χ3v) is 4.07. The maximum Gasteiger partial charge on any atom is 0.276 e. The fourth-order valence-electron chi connectivity index (χ4n) is 3.00. The number of oxazole rings is 1. The second kappa shape index (κ2) is 4.72. The molecule has 2 fully saturated rings. The summed E-state index contributed by atoms with van der Waals surface area (Å²) in [4.78, 5) is 20.8. The monoisotopic (exact) mass is 249 g/mol. The van der Waals surface area contributed by atoms with Crippen LogP contribution in [0.4, 0.5) is 0 Å². The van der Waals surface area contributed by atoms with Crippen LogP contribution in [0.1, 0.15) is 35.5 Å². The number of aryl methyl sites for hydroxylation is 1. The molecule has 0 bridgehead atoms. The zero-order chi connectivity index (χ0) is 12.5. The molecule has 1 amide bonds. The molecule has 2 saturated heterocycles. The lowest BCUT2D eigenvalue weighted by Gasteiger charge is -2.43. The molecule has 0 saturated carbocycles. The highest BCUT2D eigenvalue weighted by Crippen LogP contribution is 2.22. The van der Waals surface area contributed by atoms with Crippen molar-refractivity contribution in [1.82, 2.24) is 14.8 Å². The van der Waals surface area contributed by atoms with Gasteiger partial charge < -0.3 is 9.32 Å². The van der Waals surface area contributed by atoms with E-state index >= 15 is 0 Å². The Bertz CT molecular complexity index is 443. The standard InChI is InChI=1S/C13H19N3O2/c1-10-12(14-9-18-10)13(17)16-7-6-15-5-3-2-4-11(15)8-16/h9,11H,2-8H2,1H3/t11-/m0/s1. The molecule has 0 unspecified atom stereocenters. The van der Waals surface area contributed by atoms with E-state index in [1.807, 2.05) is 4.90 Å². The van der Waals surface area contributed by atoms with Gasteiger partial charge in [-0.1, -0.05) is 6.42 Å². The Morgan fingerprint density at radius 3 is 3.06 bits per heavy atom. The molecule has 98 valence electrons. The van der Waals surface area contributed by atoms with Crippen LogP contribution in [0.3, 0.4) is 0 Å². The maximum absolute atomic E-state index is 12.3. The van der Waals surface area contributed by atoms with Crippen molar-refractivity contribution in [3.8, 4) is 0 Å². The number of hydrogen-bond acceptors (Lipinski definition) is 4. The minimum absolute atomic E-state index is 0.0199. The Hall–Kier alpha value is -1.36. The van der Waals surface area contributed by atoms with Crippen LogP contribution in [0.2, 0.25) is 0 Å². The molecule has 3 heterocycles. The van der Waals surface area contributed by atoms with Crippen molar-refractivity contribution in [2.45, 2.75) is 32.2 Å². The number of amides is 1. The lowest BCUT2D eigenvalue weighted by molar-refractivity contribution is 0.0367. The van der Waals surface area contributed by atoms with E-state index in [1.165, 1.54) is 32.2 Å². The van der Waals surface area contributed by atoms with Gasteiger partial charge in [0, 0.05) is 25.7 Å². The number of rotatable bonds is 1. The fourth-order valence-corrected chi connectivity index (χ4v) is 3.00. The van der Waals surface area contributed by atoms with Gasteiger partial charge in [0.05, 0.1) is 0 Å². The van der Waals surface area contributed by atoms with Crippen molar-refractivity contribution in [1.29, 1.82) is 0 Å². The van der Waals surface area contributed by atoms with Gasteiger partial charge in [0.2, 0.25) is 0 Å². The van der Waals surface area contributed by atoms with Crippen LogP contribution in [0.5, 0.6) is 0 Å². The first kappa shape index (κ1) is 11.7. The zero-order valence-electron chi connectivity index (χ0n) is 10.8. The van der Waals surface area contributed by atoms with E-state index in [9.17, 15) is 4.79 Å². The van der Waals surface area contributed by atoms with Crippen LogP contribution < -0.4 is 0 Å². The molecule has 1 aromatic heterocycles. The van der Waals surface area contributed by atoms with Crippen LogP contribution >= 0.6 is 0 Å². The van der Waals surface area contributed by atoms with Gasteiger partial charge in [0.25, 0.3) is 5.91 Å². The first-order chi connectivity index (χ1) is 8.75. The van der Waals surface area contributed by atoms with Crippen molar-refractivity contribution in [2.24, 2.45) is 0 Å². The van der Waals surface area contributed by atoms with Crippen molar-refractivity contribution in [3.63, 3.8) is 0 Å². The predicted octanol–water partition coefficient (Wildman–Crippen LogP) is 1.29. The van der Waals surface area contributed by atoms with Crippen LogP contribution in [0.15, 0.2) is 10.8 Å². The molecular formula is C13H19N3O2. The summed E-state index contributed by atoms with van der Waals surface area (Å²) in [7, 11) is 0. The minimum Gasteiger partial charge on any atom is -0.448 e. The summed E-state index contributed by atoms with van der Waals surface area (Å²) in [6.07, 6.45) is 5.14. The summed E-state index contributed by atoms with van der Waals surface area (Å²) in [6.45, 7) is 5.62. The highest BCUT2D eigenvalue weighted by molar-refractivity contribution is 5.93. The third-order valence-electron chi connectivity index (χ3n) is 4.07. The van der Waals surface area contributed by atoms with Crippen molar-refractivity contribution < 1.29 is 9.21 Å². The van der Waals surface area contributed by atoms with E-state index in [0.717, 1.165) is 19.6 Å². The summed E-state index contributed by atoms with van der Waals surface area (Å²) in [5.74, 6) is 0.637. The molecule has 0 aliphatic carbocycles. The maximum atomic E-state index is 12.3. The summed E-state index contributed by atoms with van der Waals surface area (Å²) in [5.41, 5.74) is 0.472. The van der Waals surface area contributed by atoms with E-state index in [2.05, 4.69) is 9.88 Å². The largest absolute Gasteiger partial charge is 0.448 e. The first-order valence-electron chi connectivity index (χ1n) is 6.69. The van der Waals surface area contributed by atoms with Gasteiger partial charge in [-0.05, 0) is 26.3 Å². The van der Waals surface area contributed by atoms with Crippen LogP contribution in [-0.4, -0.2) is 52.9 Å². The van der Waals surface area contributed by atoms with E-state index in [-0.39, 0.29) is 5.91 Å². The lowest BCUT2D eigenvalue weighted by atomic mass is 9.99. The highest BCUT2D eigenvalue weighted by Gasteiger charge is 2.32. The Morgan fingerprint density at radius 1 is 1.39 bits per heavy atom. The quantitative estimate of drug-likeness (QED) is 0.752. The van der Waals surface area contributed by atoms with Gasteiger partial charge in [0.1, 0.15) is 5.76 Å². The second-order valence-electron chi connectivity index (χ2n) is 5.19. The van der Waals surface area contributed by atoms with Crippen molar-refractivity contribution in [3.05, 3.63) is 17.8 Å². The number of piperidine rings is 1. The lowest BCUT2D eigenvalue weighted by Crippen LogP contribution is -2.56. The summed E-state index contributed by atoms with van der Waals surface area (Å²) in [5, 5.41) is 0. The Kier molecular flexibility index (Phi) is 3.07. The van der Waals surface area contributed by atoms with E-state index < -0.39 is 0 Å². The normalized spacial score (nSPS) is 24.9. The topological polar surface area (TPSA) is 49.6 Å². The minimum atomic E-state index is 0.0199. The highest BCUT2D eigenvalue weighted by atomic mass is 16.3. The van der Waals surface area contributed by atoms with Gasteiger partial charge in [0.15, 0.2) is 12.1 Å². The fraction of sp³-hybridized carbons (Fsp3) is 0.692. The van der Waals surface area contributed by atoms with Crippen LogP contribution in [-0.2, 0) is 0 Å². The molecular weight excluding hydrogens is 230 g/mol. The van der Waals surface area contributed by atoms with E-state index in [0.29, 0.717) is 17.5 Å². The number of carbonyl (C=O) groups is 1. The first-order valence-corrected chi connectivity index (χ1v) is 6.69. The molecule has 2 aliphatic heterocycles. The molecule has 5 heteroatoms. The molecule has 2 aliphatic rings. The number of nitrogens with zero attached hydrogens (tertiary/aromatic N) is 3. The van der Waals surface area contributed by atoms with Gasteiger partial charge in [-0.3, -0.25) is 9.69 Å². The third kappa shape index (κ3) is 2.03. The van der Waals surface area contributed by atoms with Gasteiger partial charge in [-0.25, -0.2) is 4.98 Å². The van der Waals surface area contributed by atoms with E-state index in [1.54, 1.807) is 6.92 Å². The van der Waals surface area contributed by atoms with Crippen LogP contribution in [0.25, 0.3) is 0 Å². The molecule has 0 spiro atoms. The van der Waals surface area contributed by atoms with Gasteiger partial charge in [-0.15, -0.1) is 0 Å². The molecule has 18 heavy (non-hydrogen) atoms. The number of carbonyl (C=O) groups excluding carboxylic acids is 1. The smallest absolute Gasteiger partial charge is 0.276 e. The average molecular weight is 249 g/mol. The van der Waals surface area contributed by atoms with Crippen LogP contribution in [0, 0.1) is 6.92 Å². The molecule has 0 aromatic carbocycles. The Labute approximate surface area is 107 Å². The number of hydrogen-bond donors (Lipinski definition) is 0. The van der Waals surface area contributed by atoms with E-state index in [4.69, 9.17) is 4.42 Å². The Balaban J connectivity index is 1.70. The number of fused-ring (bicyclic) bond motifs is 1. The van der Waals surface area contributed by atoms with Gasteiger partial charge >= 0.3 is 0 Å². The summed E-state index contributed by atoms with van der Waals surface area (Å²) >= 11 is 0. The van der Waals surface area contributed by atoms with Crippen molar-refractivity contribution >= 4 is 5.91 Å². The number of aromatic nitrogens is 1. The number of piperazine rings is 1. The Morgan fingerprint density at radius 2 is 2.28 bits per heavy atom. The van der Waals surface area contributed by atoms with Crippen molar-refractivity contribution in [2.75, 3.05) is 26.2 Å². The summed E-state index contributed by atoms with van der Waals surface area (Å²) in [6, 6.07) is 0.545. The zero-order valence-corrected chi connectivity index (χ0v) is 10.8. The molecule has 0 N–H and O–H groups in total. The van der Waals surface area contributed by atoms with Gasteiger partial charge in [-0.2, -0.15) is 0 Å².